The van der Waals surface area contributed by atoms with E-state index in [0.717, 1.165) is 24.2 Å². The second-order valence-electron chi connectivity index (χ2n) is 4.60. The molecular formula is C11H19N3S. The highest BCUT2D eigenvalue weighted by atomic mass is 32.1. The molecule has 1 saturated heterocycles. The number of nitrogens with two attached hydrogens (primary N) is 1. The molecule has 0 aliphatic carbocycles. The first-order valence-corrected chi connectivity index (χ1v) is 6.48. The van der Waals surface area contributed by atoms with Crippen molar-refractivity contribution >= 4 is 16.5 Å². The number of hydrogen-bond donors (Lipinski definition) is 1. The average molecular weight is 225 g/mol. The van der Waals surface area contributed by atoms with Crippen molar-refractivity contribution < 1.29 is 0 Å². The zero-order valence-corrected chi connectivity index (χ0v) is 10.3. The molecule has 1 aromatic heterocycles. The van der Waals surface area contributed by atoms with Gasteiger partial charge in [0.1, 0.15) is 0 Å². The van der Waals surface area contributed by atoms with Crippen molar-refractivity contribution in [2.75, 3.05) is 12.3 Å². The summed E-state index contributed by atoms with van der Waals surface area (Å²) in [4.78, 5) is 6.86. The van der Waals surface area contributed by atoms with E-state index in [1.54, 1.807) is 0 Å². The van der Waals surface area contributed by atoms with E-state index in [9.17, 15) is 0 Å². The maximum atomic E-state index is 5.64. The minimum Gasteiger partial charge on any atom is -0.375 e. The van der Waals surface area contributed by atoms with Gasteiger partial charge in [-0.15, -0.1) is 11.3 Å². The lowest BCUT2D eigenvalue weighted by molar-refractivity contribution is 0.197. The first kappa shape index (κ1) is 10.9. The fourth-order valence-corrected chi connectivity index (χ4v) is 2.96. The van der Waals surface area contributed by atoms with E-state index in [1.165, 1.54) is 30.7 Å². The molecule has 15 heavy (non-hydrogen) atoms. The zero-order valence-electron chi connectivity index (χ0n) is 9.44. The molecule has 2 rings (SSSR count). The predicted molar refractivity (Wildman–Crippen MR) is 64.8 cm³/mol. The number of thiazole rings is 1. The maximum absolute atomic E-state index is 5.64. The molecule has 0 aromatic carbocycles. The highest BCUT2D eigenvalue weighted by molar-refractivity contribution is 7.13. The van der Waals surface area contributed by atoms with Gasteiger partial charge in [0.05, 0.1) is 5.69 Å². The lowest BCUT2D eigenvalue weighted by Gasteiger charge is -2.26. The van der Waals surface area contributed by atoms with Gasteiger partial charge in [-0.3, -0.25) is 4.90 Å². The summed E-state index contributed by atoms with van der Waals surface area (Å²) >= 11 is 1.54. The van der Waals surface area contributed by atoms with Gasteiger partial charge in [0.15, 0.2) is 5.13 Å². The van der Waals surface area contributed by atoms with Gasteiger partial charge in [-0.1, -0.05) is 13.8 Å². The Morgan fingerprint density at radius 1 is 1.67 bits per heavy atom. The lowest BCUT2D eigenvalue weighted by Crippen LogP contribution is -2.32. The molecule has 2 heterocycles. The molecule has 3 nitrogen and oxygen atoms in total. The minimum absolute atomic E-state index is 0.685. The van der Waals surface area contributed by atoms with Crippen LogP contribution in [0.4, 0.5) is 5.13 Å². The van der Waals surface area contributed by atoms with E-state index in [0.29, 0.717) is 5.13 Å². The summed E-state index contributed by atoms with van der Waals surface area (Å²) in [5.74, 6) is 0.739. The molecule has 2 N–H and O–H groups in total. The van der Waals surface area contributed by atoms with Crippen molar-refractivity contribution in [3.05, 3.63) is 11.1 Å². The first-order valence-electron chi connectivity index (χ1n) is 5.60. The Morgan fingerprint density at radius 2 is 2.47 bits per heavy atom. The summed E-state index contributed by atoms with van der Waals surface area (Å²) in [6.45, 7) is 6.79. The summed E-state index contributed by atoms with van der Waals surface area (Å²) in [7, 11) is 0. The molecule has 1 aromatic rings. The molecule has 0 spiro atoms. The van der Waals surface area contributed by atoms with E-state index in [1.807, 2.05) is 0 Å². The van der Waals surface area contributed by atoms with Crippen LogP contribution in [0.1, 0.15) is 32.4 Å². The third-order valence-corrected chi connectivity index (χ3v) is 3.84. The first-order chi connectivity index (χ1) is 7.16. The molecule has 1 fully saturated rings. The van der Waals surface area contributed by atoms with Crippen LogP contribution in [-0.2, 0) is 6.54 Å². The summed E-state index contributed by atoms with van der Waals surface area (Å²) in [5, 5.41) is 2.76. The zero-order chi connectivity index (χ0) is 10.8. The standard InChI is InChI=1S/C11H19N3S/c1-8(2)10-4-3-5-14(10)6-9-7-15-11(12)13-9/h7-8,10H,3-6H2,1-2H3,(H2,12,13). The Bertz CT molecular complexity index is 321. The van der Waals surface area contributed by atoms with Gasteiger partial charge in [-0.25, -0.2) is 4.98 Å². The smallest absolute Gasteiger partial charge is 0.180 e. The summed E-state index contributed by atoms with van der Waals surface area (Å²) in [6, 6.07) is 0.730. The van der Waals surface area contributed by atoms with E-state index in [2.05, 4.69) is 29.1 Å². The molecule has 0 amide bonds. The van der Waals surface area contributed by atoms with E-state index in [4.69, 9.17) is 5.73 Å². The van der Waals surface area contributed by atoms with Crippen molar-refractivity contribution in [3.63, 3.8) is 0 Å². The molecule has 0 saturated carbocycles. The van der Waals surface area contributed by atoms with Crippen LogP contribution in [0.2, 0.25) is 0 Å². The quantitative estimate of drug-likeness (QED) is 0.858. The van der Waals surface area contributed by atoms with Gasteiger partial charge in [-0.05, 0) is 25.3 Å². The summed E-state index contributed by atoms with van der Waals surface area (Å²) < 4.78 is 0. The van der Waals surface area contributed by atoms with Gasteiger partial charge in [0.2, 0.25) is 0 Å². The van der Waals surface area contributed by atoms with E-state index in [-0.39, 0.29) is 0 Å². The molecule has 1 unspecified atom stereocenters. The monoisotopic (exact) mass is 225 g/mol. The fourth-order valence-electron chi connectivity index (χ4n) is 2.41. The SMILES string of the molecule is CC(C)C1CCCN1Cc1csc(N)n1. The number of nitrogens with zero attached hydrogens (tertiary/aromatic N) is 2. The van der Waals surface area contributed by atoms with Crippen molar-refractivity contribution in [3.8, 4) is 0 Å². The van der Waals surface area contributed by atoms with Crippen LogP contribution in [0.25, 0.3) is 0 Å². The Hall–Kier alpha value is -0.610. The Kier molecular flexibility index (Phi) is 3.26. The topological polar surface area (TPSA) is 42.1 Å². The number of anilines is 1. The lowest BCUT2D eigenvalue weighted by atomic mass is 10.0. The van der Waals surface area contributed by atoms with Crippen LogP contribution >= 0.6 is 11.3 Å². The normalized spacial score (nSPS) is 22.7. The second-order valence-corrected chi connectivity index (χ2v) is 5.49. The number of nitrogen functional groups attached to an aromatic ring is 1. The highest BCUT2D eigenvalue weighted by Crippen LogP contribution is 2.26. The van der Waals surface area contributed by atoms with Crippen molar-refractivity contribution in [1.29, 1.82) is 0 Å². The maximum Gasteiger partial charge on any atom is 0.180 e. The van der Waals surface area contributed by atoms with Gasteiger partial charge in [0, 0.05) is 18.0 Å². The van der Waals surface area contributed by atoms with Crippen LogP contribution in [-0.4, -0.2) is 22.5 Å². The molecule has 0 radical (unpaired) electrons. The van der Waals surface area contributed by atoms with Crippen molar-refractivity contribution in [2.45, 2.75) is 39.3 Å². The molecule has 1 atom stereocenters. The largest absolute Gasteiger partial charge is 0.375 e. The van der Waals surface area contributed by atoms with Crippen molar-refractivity contribution in [1.82, 2.24) is 9.88 Å². The van der Waals surface area contributed by atoms with Gasteiger partial charge >= 0.3 is 0 Å². The molecule has 84 valence electrons. The Balaban J connectivity index is 1.99. The minimum atomic E-state index is 0.685. The molecule has 1 aliphatic rings. The molecule has 1 aliphatic heterocycles. The highest BCUT2D eigenvalue weighted by Gasteiger charge is 2.27. The molecule has 4 heteroatoms. The van der Waals surface area contributed by atoms with Gasteiger partial charge < -0.3 is 5.73 Å². The van der Waals surface area contributed by atoms with Crippen LogP contribution in [0, 0.1) is 5.92 Å². The average Bonchev–Trinajstić information content (AvgIpc) is 2.75. The molecular weight excluding hydrogens is 206 g/mol. The fraction of sp³-hybridized carbons (Fsp3) is 0.727. The predicted octanol–water partition coefficient (Wildman–Crippen LogP) is 2.35. The van der Waals surface area contributed by atoms with E-state index < -0.39 is 0 Å². The third-order valence-electron chi connectivity index (χ3n) is 3.12. The number of hydrogen-bond acceptors (Lipinski definition) is 4. The van der Waals surface area contributed by atoms with Crippen LogP contribution in [0.5, 0.6) is 0 Å². The number of rotatable bonds is 3. The van der Waals surface area contributed by atoms with Crippen LogP contribution < -0.4 is 5.73 Å². The Labute approximate surface area is 95.3 Å². The van der Waals surface area contributed by atoms with Crippen molar-refractivity contribution in [2.24, 2.45) is 5.92 Å². The van der Waals surface area contributed by atoms with Gasteiger partial charge in [0.25, 0.3) is 0 Å². The van der Waals surface area contributed by atoms with E-state index >= 15 is 0 Å². The molecule has 0 bridgehead atoms. The van der Waals surface area contributed by atoms with Crippen LogP contribution in [0.3, 0.4) is 0 Å². The van der Waals surface area contributed by atoms with Crippen LogP contribution in [0.15, 0.2) is 5.38 Å². The number of likely N-dealkylation sites (tertiary alicyclic amines) is 1. The summed E-state index contributed by atoms with van der Waals surface area (Å²) in [6.07, 6.45) is 2.65. The Morgan fingerprint density at radius 3 is 3.07 bits per heavy atom. The van der Waals surface area contributed by atoms with Gasteiger partial charge in [-0.2, -0.15) is 0 Å². The summed E-state index contributed by atoms with van der Waals surface area (Å²) in [5.41, 5.74) is 6.77. The second kappa shape index (κ2) is 4.49. The number of aromatic nitrogens is 1. The third kappa shape index (κ3) is 2.49.